The largest absolute Gasteiger partial charge is 0.272 e. The SMILES string of the molecule is CC1(Cn2cc(-c3cc4c(nc3Cl)CCC4)cn2)CCCC1. The van der Waals surface area contributed by atoms with E-state index in [1.807, 2.05) is 6.20 Å². The van der Waals surface area contributed by atoms with Crippen LogP contribution in [-0.2, 0) is 19.4 Å². The molecule has 22 heavy (non-hydrogen) atoms. The zero-order valence-electron chi connectivity index (χ0n) is 13.1. The summed E-state index contributed by atoms with van der Waals surface area (Å²) in [6, 6.07) is 2.22. The Morgan fingerprint density at radius 2 is 2.05 bits per heavy atom. The molecule has 0 spiro atoms. The van der Waals surface area contributed by atoms with Crippen LogP contribution in [-0.4, -0.2) is 14.8 Å². The molecule has 2 aliphatic rings. The van der Waals surface area contributed by atoms with Gasteiger partial charge < -0.3 is 0 Å². The van der Waals surface area contributed by atoms with Crippen molar-refractivity contribution in [2.24, 2.45) is 5.41 Å². The van der Waals surface area contributed by atoms with Gasteiger partial charge in [-0.3, -0.25) is 4.68 Å². The Morgan fingerprint density at radius 1 is 1.23 bits per heavy atom. The van der Waals surface area contributed by atoms with Crippen LogP contribution in [0, 0.1) is 5.41 Å². The molecule has 2 heterocycles. The molecule has 0 unspecified atom stereocenters. The fourth-order valence-corrected chi connectivity index (χ4v) is 4.28. The van der Waals surface area contributed by atoms with Crippen molar-refractivity contribution in [1.82, 2.24) is 14.8 Å². The molecule has 0 radical (unpaired) electrons. The van der Waals surface area contributed by atoms with Gasteiger partial charge in [0.2, 0.25) is 0 Å². The highest BCUT2D eigenvalue weighted by molar-refractivity contribution is 6.32. The molecule has 0 atom stereocenters. The summed E-state index contributed by atoms with van der Waals surface area (Å²) in [5.41, 5.74) is 5.07. The predicted molar refractivity (Wildman–Crippen MR) is 89.1 cm³/mol. The molecule has 4 heteroatoms. The van der Waals surface area contributed by atoms with Crippen molar-refractivity contribution in [1.29, 1.82) is 0 Å². The van der Waals surface area contributed by atoms with Gasteiger partial charge in [-0.2, -0.15) is 5.10 Å². The van der Waals surface area contributed by atoms with Crippen LogP contribution >= 0.6 is 11.6 Å². The highest BCUT2D eigenvalue weighted by Gasteiger charge is 2.29. The Balaban J connectivity index is 1.61. The molecular weight excluding hydrogens is 294 g/mol. The van der Waals surface area contributed by atoms with E-state index in [4.69, 9.17) is 11.6 Å². The monoisotopic (exact) mass is 315 g/mol. The summed E-state index contributed by atoms with van der Waals surface area (Å²) in [6.45, 7) is 3.38. The Morgan fingerprint density at radius 3 is 2.86 bits per heavy atom. The zero-order valence-corrected chi connectivity index (χ0v) is 13.9. The van der Waals surface area contributed by atoms with Crippen LogP contribution in [0.4, 0.5) is 0 Å². The van der Waals surface area contributed by atoms with Gasteiger partial charge in [0.15, 0.2) is 0 Å². The van der Waals surface area contributed by atoms with Gasteiger partial charge in [-0.15, -0.1) is 0 Å². The Labute approximate surface area is 136 Å². The molecule has 0 bridgehead atoms. The molecule has 2 aromatic rings. The molecule has 3 nitrogen and oxygen atoms in total. The van der Waals surface area contributed by atoms with Gasteiger partial charge in [0.1, 0.15) is 5.15 Å². The van der Waals surface area contributed by atoms with Crippen molar-refractivity contribution in [3.8, 4) is 11.1 Å². The number of aromatic nitrogens is 3. The number of fused-ring (bicyclic) bond motifs is 1. The zero-order chi connectivity index (χ0) is 15.2. The molecule has 0 aliphatic heterocycles. The topological polar surface area (TPSA) is 30.7 Å². The maximum atomic E-state index is 6.40. The van der Waals surface area contributed by atoms with Crippen LogP contribution in [0.1, 0.15) is 50.3 Å². The minimum atomic E-state index is 0.406. The lowest BCUT2D eigenvalue weighted by atomic mass is 9.89. The Bertz CT molecular complexity index is 698. The van der Waals surface area contributed by atoms with E-state index < -0.39 is 0 Å². The molecule has 1 saturated carbocycles. The highest BCUT2D eigenvalue weighted by Crippen LogP contribution is 2.39. The molecular formula is C18H22ClN3. The molecule has 0 amide bonds. The predicted octanol–water partition coefficient (Wildman–Crippen LogP) is 4.67. The standard InChI is InChI=1S/C18H22ClN3/c1-18(7-2-3-8-18)12-22-11-14(10-20-22)15-9-13-5-4-6-16(13)21-17(15)19/h9-11H,2-8,12H2,1H3. The fraction of sp³-hybridized carbons (Fsp3) is 0.556. The average molecular weight is 316 g/mol. The van der Waals surface area contributed by atoms with E-state index >= 15 is 0 Å². The number of aryl methyl sites for hydroxylation is 2. The third kappa shape index (κ3) is 2.56. The van der Waals surface area contributed by atoms with Crippen molar-refractivity contribution >= 4 is 11.6 Å². The normalized spacial score (nSPS) is 19.5. The lowest BCUT2D eigenvalue weighted by molar-refractivity contribution is 0.268. The molecule has 4 rings (SSSR count). The molecule has 2 aliphatic carbocycles. The maximum Gasteiger partial charge on any atom is 0.137 e. The summed E-state index contributed by atoms with van der Waals surface area (Å²) in [7, 11) is 0. The van der Waals surface area contributed by atoms with Gasteiger partial charge in [-0.05, 0) is 49.1 Å². The third-order valence-electron chi connectivity index (χ3n) is 5.30. The van der Waals surface area contributed by atoms with Gasteiger partial charge in [0, 0.05) is 29.6 Å². The second-order valence-electron chi connectivity index (χ2n) is 7.23. The van der Waals surface area contributed by atoms with E-state index in [1.165, 1.54) is 43.4 Å². The first-order chi connectivity index (χ1) is 10.6. The van der Waals surface area contributed by atoms with Gasteiger partial charge in [0.25, 0.3) is 0 Å². The Hall–Kier alpha value is -1.35. The highest BCUT2D eigenvalue weighted by atomic mass is 35.5. The second-order valence-corrected chi connectivity index (χ2v) is 7.59. The van der Waals surface area contributed by atoms with Crippen molar-refractivity contribution < 1.29 is 0 Å². The van der Waals surface area contributed by atoms with Crippen molar-refractivity contribution in [2.75, 3.05) is 0 Å². The molecule has 116 valence electrons. The smallest absolute Gasteiger partial charge is 0.137 e. The van der Waals surface area contributed by atoms with E-state index in [0.29, 0.717) is 10.6 Å². The summed E-state index contributed by atoms with van der Waals surface area (Å²) in [5.74, 6) is 0. The van der Waals surface area contributed by atoms with Gasteiger partial charge in [0.05, 0.1) is 6.20 Å². The van der Waals surface area contributed by atoms with E-state index in [0.717, 1.165) is 30.5 Å². The van der Waals surface area contributed by atoms with Crippen molar-refractivity contribution in [2.45, 2.75) is 58.4 Å². The van der Waals surface area contributed by atoms with E-state index in [9.17, 15) is 0 Å². The quantitative estimate of drug-likeness (QED) is 0.771. The summed E-state index contributed by atoms with van der Waals surface area (Å²) in [4.78, 5) is 4.58. The number of nitrogens with zero attached hydrogens (tertiary/aromatic N) is 3. The van der Waals surface area contributed by atoms with Crippen LogP contribution in [0.3, 0.4) is 0 Å². The minimum Gasteiger partial charge on any atom is -0.272 e. The fourth-order valence-electron chi connectivity index (χ4n) is 4.02. The van der Waals surface area contributed by atoms with Crippen molar-refractivity contribution in [3.05, 3.63) is 34.9 Å². The molecule has 0 aromatic carbocycles. The lowest BCUT2D eigenvalue weighted by Gasteiger charge is -2.22. The summed E-state index contributed by atoms with van der Waals surface area (Å²) < 4.78 is 2.09. The summed E-state index contributed by atoms with van der Waals surface area (Å²) in [5, 5.41) is 5.18. The van der Waals surface area contributed by atoms with Gasteiger partial charge in [-0.25, -0.2) is 4.98 Å². The second kappa shape index (κ2) is 5.38. The van der Waals surface area contributed by atoms with Crippen LogP contribution < -0.4 is 0 Å². The molecule has 0 saturated heterocycles. The van der Waals surface area contributed by atoms with Gasteiger partial charge >= 0.3 is 0 Å². The van der Waals surface area contributed by atoms with Crippen LogP contribution in [0.25, 0.3) is 11.1 Å². The first-order valence-electron chi connectivity index (χ1n) is 8.34. The first kappa shape index (κ1) is 14.3. The number of hydrogen-bond donors (Lipinski definition) is 0. The number of pyridine rings is 1. The number of rotatable bonds is 3. The van der Waals surface area contributed by atoms with Gasteiger partial charge in [-0.1, -0.05) is 31.4 Å². The molecule has 1 fully saturated rings. The van der Waals surface area contributed by atoms with Crippen molar-refractivity contribution in [3.63, 3.8) is 0 Å². The maximum absolute atomic E-state index is 6.40. The summed E-state index contributed by atoms with van der Waals surface area (Å²) in [6.07, 6.45) is 12.8. The Kier molecular flexibility index (Phi) is 3.48. The number of hydrogen-bond acceptors (Lipinski definition) is 2. The van der Waals surface area contributed by atoms with Crippen LogP contribution in [0.15, 0.2) is 18.5 Å². The van der Waals surface area contributed by atoms with Crippen LogP contribution in [0.2, 0.25) is 5.15 Å². The first-order valence-corrected chi connectivity index (χ1v) is 8.72. The minimum absolute atomic E-state index is 0.406. The van der Waals surface area contributed by atoms with E-state index in [1.54, 1.807) is 0 Å². The molecule has 0 N–H and O–H groups in total. The molecule has 2 aromatic heterocycles. The third-order valence-corrected chi connectivity index (χ3v) is 5.59. The average Bonchev–Trinajstić information content (AvgIpc) is 3.19. The van der Waals surface area contributed by atoms with Crippen LogP contribution in [0.5, 0.6) is 0 Å². The summed E-state index contributed by atoms with van der Waals surface area (Å²) >= 11 is 6.40. The van der Waals surface area contributed by atoms with E-state index in [2.05, 4.69) is 34.0 Å². The number of halogens is 1. The van der Waals surface area contributed by atoms with E-state index in [-0.39, 0.29) is 0 Å². The lowest BCUT2D eigenvalue weighted by Crippen LogP contribution is -2.19.